The van der Waals surface area contributed by atoms with Gasteiger partial charge in [-0.15, -0.1) is 0 Å². The van der Waals surface area contributed by atoms with Crippen molar-refractivity contribution in [1.82, 2.24) is 41.2 Å². The number of carboxylic acid groups (broad SMARTS) is 1. The van der Waals surface area contributed by atoms with E-state index in [1.807, 2.05) is 12.1 Å². The molecular formula is C53H60N10O12. The first-order chi connectivity index (χ1) is 35.8. The van der Waals surface area contributed by atoms with E-state index in [4.69, 9.17) is 4.74 Å². The zero-order chi connectivity index (χ0) is 54.6. The maximum Gasteiger partial charge on any atom is 0.330 e. The van der Waals surface area contributed by atoms with E-state index in [-0.39, 0.29) is 58.3 Å². The van der Waals surface area contributed by atoms with Crippen molar-refractivity contribution < 1.29 is 59.0 Å². The summed E-state index contributed by atoms with van der Waals surface area (Å²) in [6, 6.07) is 22.9. The number of aromatic hydroxyl groups is 4. The fraction of sp³-hybridized carbons (Fsp3) is 0.283. The molecule has 4 amide bonds. The minimum absolute atomic E-state index is 0.0733. The Bertz CT molecular complexity index is 2960. The van der Waals surface area contributed by atoms with Gasteiger partial charge >= 0.3 is 11.9 Å². The number of esters is 1. The summed E-state index contributed by atoms with van der Waals surface area (Å²) in [5.74, 6) is -3.46. The Morgan fingerprint density at radius 1 is 0.507 bits per heavy atom. The number of hydrogen-bond acceptors (Lipinski definition) is 17. The third kappa shape index (κ3) is 17.4. The molecule has 394 valence electrons. The quantitative estimate of drug-likeness (QED) is 0.0331. The number of carbonyl (C=O) groups is 6. The van der Waals surface area contributed by atoms with Crippen molar-refractivity contribution in [2.75, 3.05) is 43.9 Å². The van der Waals surface area contributed by atoms with Crippen molar-refractivity contribution in [3.8, 4) is 23.0 Å². The van der Waals surface area contributed by atoms with Crippen LogP contribution in [0.3, 0.4) is 0 Å². The molecule has 2 heterocycles. The van der Waals surface area contributed by atoms with Crippen molar-refractivity contribution >= 4 is 47.5 Å². The van der Waals surface area contributed by atoms with E-state index in [9.17, 15) is 54.3 Å². The molecule has 6 rings (SSSR count). The molecule has 75 heavy (non-hydrogen) atoms. The molecule has 4 aromatic carbocycles. The molecule has 0 aliphatic heterocycles. The van der Waals surface area contributed by atoms with Gasteiger partial charge < -0.3 is 62.2 Å². The molecule has 0 aliphatic rings. The van der Waals surface area contributed by atoms with Crippen molar-refractivity contribution in [1.29, 1.82) is 0 Å². The van der Waals surface area contributed by atoms with Crippen LogP contribution in [-0.4, -0.2) is 126 Å². The van der Waals surface area contributed by atoms with Crippen LogP contribution >= 0.6 is 0 Å². The molecular weight excluding hydrogens is 969 g/mol. The number of carbonyl (C=O) groups excluding carboxylic acids is 5. The molecule has 6 aromatic rings. The lowest BCUT2D eigenvalue weighted by Crippen LogP contribution is -2.49. The number of rotatable bonds is 22. The standard InChI is InChI=1S/C27H31N5O6.C26H29N5O6/c1-16-23(17(2)31-27(30-16)28-12-6-8-18-7-4-10-20(33)13-18)25(36)32-22(26(37)38-3)15-29-24(35)19-9-5-11-21(34)14-19;1-15-22(16(2)30-26(29-15)27-11-5-7-17-6-3-9-19(32)12-17)24(35)31-21(25(36)37)14-28-23(34)18-8-4-10-20(33)13-18/h4-5,7,9-11,13-14,22,33-34H,6,8,12,15H2,1-3H3,(H,29,35)(H,32,36)(H,28,30,31);3-4,6,8-10,12-13,21,32-33H,5,7,11,14H2,1-2H3,(H,28,34)(H,31,35)(H,36,37)(H,27,29,30)/t22-;21-/m00/s1. The lowest BCUT2D eigenvalue weighted by atomic mass is 10.1. The number of carboxylic acids is 1. The molecule has 0 aliphatic carbocycles. The maximum atomic E-state index is 13.0. The van der Waals surface area contributed by atoms with Crippen LogP contribution in [0.2, 0.25) is 0 Å². The normalized spacial score (nSPS) is 11.4. The number of nitrogens with one attached hydrogen (secondary N) is 6. The number of amides is 4. The fourth-order valence-electron chi connectivity index (χ4n) is 7.54. The molecule has 11 N–H and O–H groups in total. The van der Waals surface area contributed by atoms with Gasteiger partial charge in [0.1, 0.15) is 35.1 Å². The first kappa shape index (κ1) is 56.6. The second kappa shape index (κ2) is 27.5. The molecule has 22 heteroatoms. The van der Waals surface area contributed by atoms with Crippen molar-refractivity contribution in [2.45, 2.75) is 65.5 Å². The molecule has 0 unspecified atom stereocenters. The summed E-state index contributed by atoms with van der Waals surface area (Å²) < 4.78 is 4.78. The van der Waals surface area contributed by atoms with Crippen LogP contribution in [0.25, 0.3) is 0 Å². The van der Waals surface area contributed by atoms with Gasteiger partial charge in [-0.25, -0.2) is 29.5 Å². The van der Waals surface area contributed by atoms with Gasteiger partial charge in [0.25, 0.3) is 23.6 Å². The topological polar surface area (TPSA) is 337 Å². The largest absolute Gasteiger partial charge is 0.508 e. The van der Waals surface area contributed by atoms with Crippen LogP contribution in [-0.2, 0) is 27.2 Å². The molecule has 0 saturated carbocycles. The van der Waals surface area contributed by atoms with Crippen LogP contribution < -0.4 is 31.9 Å². The van der Waals surface area contributed by atoms with Gasteiger partial charge in [0, 0.05) is 37.3 Å². The Labute approximate surface area is 432 Å². The number of benzene rings is 4. The van der Waals surface area contributed by atoms with Crippen LogP contribution in [0.1, 0.15) is 88.2 Å². The molecule has 0 bridgehead atoms. The van der Waals surface area contributed by atoms with Gasteiger partial charge in [0.15, 0.2) is 0 Å². The average molecular weight is 1030 g/mol. The Morgan fingerprint density at radius 3 is 1.23 bits per heavy atom. The first-order valence-electron chi connectivity index (χ1n) is 23.6. The zero-order valence-electron chi connectivity index (χ0n) is 41.9. The lowest BCUT2D eigenvalue weighted by Gasteiger charge is -2.19. The second-order valence-electron chi connectivity index (χ2n) is 17.0. The van der Waals surface area contributed by atoms with Crippen LogP contribution in [0, 0.1) is 27.7 Å². The summed E-state index contributed by atoms with van der Waals surface area (Å²) >= 11 is 0. The number of aliphatic carboxylic acids is 1. The van der Waals surface area contributed by atoms with Gasteiger partial charge in [-0.05, 0) is 125 Å². The van der Waals surface area contributed by atoms with Crippen molar-refractivity contribution in [3.63, 3.8) is 0 Å². The molecule has 2 aromatic heterocycles. The molecule has 0 fully saturated rings. The Morgan fingerprint density at radius 2 is 0.867 bits per heavy atom. The van der Waals surface area contributed by atoms with E-state index in [0.717, 1.165) is 36.8 Å². The molecule has 0 spiro atoms. The molecule has 0 saturated heterocycles. The summed E-state index contributed by atoms with van der Waals surface area (Å²) in [5.41, 5.74) is 4.31. The van der Waals surface area contributed by atoms with E-state index >= 15 is 0 Å². The van der Waals surface area contributed by atoms with E-state index < -0.39 is 47.7 Å². The highest BCUT2D eigenvalue weighted by molar-refractivity contribution is 6.00. The second-order valence-corrected chi connectivity index (χ2v) is 17.0. The number of nitrogens with zero attached hydrogens (tertiary/aromatic N) is 4. The molecule has 2 atom stereocenters. The van der Waals surface area contributed by atoms with E-state index in [0.29, 0.717) is 47.8 Å². The summed E-state index contributed by atoms with van der Waals surface area (Å²) in [6.45, 7) is 7.14. The van der Waals surface area contributed by atoms with Gasteiger partial charge in [0.2, 0.25) is 11.9 Å². The van der Waals surface area contributed by atoms with E-state index in [2.05, 4.69) is 51.8 Å². The number of hydrogen-bond donors (Lipinski definition) is 11. The first-order valence-corrected chi connectivity index (χ1v) is 23.6. The number of phenols is 4. The number of methoxy groups -OCH3 is 1. The SMILES string of the molecule is COC(=O)[C@H](CNC(=O)c1cccc(O)c1)NC(=O)c1c(C)nc(NCCCc2cccc(O)c2)nc1C.Cc1nc(NCCCc2cccc(O)c2)nc(C)c1C(=O)N[C@@H](CNC(=O)c1cccc(O)c1)C(=O)O. The number of ether oxygens (including phenoxy) is 1. The van der Waals surface area contributed by atoms with E-state index in [1.165, 1.54) is 55.6 Å². The van der Waals surface area contributed by atoms with Gasteiger partial charge in [-0.2, -0.15) is 0 Å². The predicted octanol–water partition coefficient (Wildman–Crippen LogP) is 4.41. The van der Waals surface area contributed by atoms with Gasteiger partial charge in [-0.1, -0.05) is 36.4 Å². The summed E-state index contributed by atoms with van der Waals surface area (Å²) in [6.07, 6.45) is 3.05. The zero-order valence-corrected chi connectivity index (χ0v) is 41.9. The van der Waals surface area contributed by atoms with Gasteiger partial charge in [-0.3, -0.25) is 19.2 Å². The fourth-order valence-corrected chi connectivity index (χ4v) is 7.54. The highest BCUT2D eigenvalue weighted by atomic mass is 16.5. The Balaban J connectivity index is 0.000000277. The minimum Gasteiger partial charge on any atom is -0.508 e. The van der Waals surface area contributed by atoms with Crippen molar-refractivity contribution in [2.24, 2.45) is 0 Å². The molecule has 22 nitrogen and oxygen atoms in total. The van der Waals surface area contributed by atoms with Crippen LogP contribution in [0.15, 0.2) is 97.1 Å². The predicted molar refractivity (Wildman–Crippen MR) is 276 cm³/mol. The van der Waals surface area contributed by atoms with Crippen LogP contribution in [0.4, 0.5) is 11.9 Å². The monoisotopic (exact) mass is 1030 g/mol. The Hall–Kier alpha value is -9.34. The summed E-state index contributed by atoms with van der Waals surface area (Å²) in [4.78, 5) is 92.0. The Kier molecular flexibility index (Phi) is 20.7. The molecule has 0 radical (unpaired) electrons. The van der Waals surface area contributed by atoms with E-state index in [1.54, 1.807) is 64.1 Å². The average Bonchev–Trinajstić information content (AvgIpc) is 3.36. The van der Waals surface area contributed by atoms with Gasteiger partial charge in [0.05, 0.1) is 41.0 Å². The third-order valence-corrected chi connectivity index (χ3v) is 11.2. The number of aromatic nitrogens is 4. The van der Waals surface area contributed by atoms with Crippen LogP contribution in [0.5, 0.6) is 23.0 Å². The minimum atomic E-state index is -1.40. The smallest absolute Gasteiger partial charge is 0.330 e. The third-order valence-electron chi connectivity index (χ3n) is 11.2. The summed E-state index contributed by atoms with van der Waals surface area (Å²) in [5, 5.41) is 64.0. The number of phenolic OH excluding ortho intramolecular Hbond substituents is 4. The number of aryl methyl sites for hydroxylation is 6. The number of anilines is 2. The maximum absolute atomic E-state index is 13.0. The lowest BCUT2D eigenvalue weighted by molar-refractivity contribution is -0.142. The highest BCUT2D eigenvalue weighted by Gasteiger charge is 2.27. The summed E-state index contributed by atoms with van der Waals surface area (Å²) in [7, 11) is 1.18. The van der Waals surface area contributed by atoms with Crippen molar-refractivity contribution in [3.05, 3.63) is 153 Å². The highest BCUT2D eigenvalue weighted by Crippen LogP contribution is 2.18.